The van der Waals surface area contributed by atoms with E-state index >= 15 is 0 Å². The van der Waals surface area contributed by atoms with Crippen LogP contribution in [-0.2, 0) is 4.74 Å². The van der Waals surface area contributed by atoms with Gasteiger partial charge in [-0.3, -0.25) is 4.79 Å². The first-order valence-electron chi connectivity index (χ1n) is 4.74. The Morgan fingerprint density at radius 3 is 3.27 bits per heavy atom. The van der Waals surface area contributed by atoms with Crippen molar-refractivity contribution in [2.45, 2.75) is 12.1 Å². The summed E-state index contributed by atoms with van der Waals surface area (Å²) in [5.74, 6) is -0.132. The van der Waals surface area contributed by atoms with Gasteiger partial charge in [-0.05, 0) is 0 Å². The Hall–Kier alpha value is -0.980. The van der Waals surface area contributed by atoms with Gasteiger partial charge in [0, 0.05) is 25.6 Å². The second kappa shape index (κ2) is 4.69. The first kappa shape index (κ1) is 10.5. The van der Waals surface area contributed by atoms with Gasteiger partial charge in [0.1, 0.15) is 5.69 Å². The average Bonchev–Trinajstić information content (AvgIpc) is 2.87. The van der Waals surface area contributed by atoms with Gasteiger partial charge in [0.25, 0.3) is 5.91 Å². The second-order valence-electron chi connectivity index (χ2n) is 3.39. The van der Waals surface area contributed by atoms with Gasteiger partial charge in [-0.2, -0.15) is 0 Å². The zero-order chi connectivity index (χ0) is 10.7. The molecule has 15 heavy (non-hydrogen) atoms. The monoisotopic (exact) mass is 227 g/mol. The maximum absolute atomic E-state index is 11.7. The molecule has 2 heterocycles. The Morgan fingerprint density at radius 1 is 1.73 bits per heavy atom. The minimum atomic E-state index is -0.132. The summed E-state index contributed by atoms with van der Waals surface area (Å²) in [5, 5.41) is 7.80. The molecule has 1 aliphatic rings. The second-order valence-corrected chi connectivity index (χ2v) is 4.10. The third-order valence-electron chi connectivity index (χ3n) is 2.44. The maximum Gasteiger partial charge on any atom is 0.271 e. The highest BCUT2D eigenvalue weighted by atomic mass is 32.1. The summed E-state index contributed by atoms with van der Waals surface area (Å²) in [6.45, 7) is 1.52. The number of ether oxygens (including phenoxy) is 1. The molecule has 1 fully saturated rings. The number of amides is 1. The van der Waals surface area contributed by atoms with E-state index in [4.69, 9.17) is 4.74 Å². The fraction of sp³-hybridized carbons (Fsp3) is 0.556. The third-order valence-corrected chi connectivity index (χ3v) is 3.03. The lowest BCUT2D eigenvalue weighted by molar-refractivity contribution is 0.0777. The van der Waals surface area contributed by atoms with E-state index in [2.05, 4.69) is 15.6 Å². The predicted molar refractivity (Wildman–Crippen MR) is 57.0 cm³/mol. The van der Waals surface area contributed by atoms with E-state index in [1.807, 2.05) is 0 Å². The van der Waals surface area contributed by atoms with Gasteiger partial charge in [-0.1, -0.05) is 0 Å². The maximum atomic E-state index is 11.7. The third kappa shape index (κ3) is 2.34. The molecule has 1 aliphatic heterocycles. The lowest BCUT2D eigenvalue weighted by Crippen LogP contribution is -2.43. The van der Waals surface area contributed by atoms with E-state index in [1.165, 1.54) is 11.3 Å². The highest BCUT2D eigenvalue weighted by molar-refractivity contribution is 7.07. The van der Waals surface area contributed by atoms with Crippen molar-refractivity contribution in [2.75, 3.05) is 20.2 Å². The van der Waals surface area contributed by atoms with Gasteiger partial charge >= 0.3 is 0 Å². The fourth-order valence-electron chi connectivity index (χ4n) is 1.61. The molecule has 1 amide bonds. The molecule has 1 aromatic heterocycles. The van der Waals surface area contributed by atoms with E-state index in [1.54, 1.807) is 18.0 Å². The van der Waals surface area contributed by atoms with Crippen molar-refractivity contribution in [3.8, 4) is 0 Å². The Balaban J connectivity index is 1.94. The molecule has 2 rings (SSSR count). The number of rotatable bonds is 3. The summed E-state index contributed by atoms with van der Waals surface area (Å²) in [6.07, 6.45) is 0.0487. The SMILES string of the molecule is COC1CNCC1NC(=O)c1cscn1. The van der Waals surface area contributed by atoms with Crippen LogP contribution in [0, 0.1) is 0 Å². The fourth-order valence-corrected chi connectivity index (χ4v) is 2.15. The summed E-state index contributed by atoms with van der Waals surface area (Å²) >= 11 is 1.41. The average molecular weight is 227 g/mol. The van der Waals surface area contributed by atoms with E-state index in [0.717, 1.165) is 13.1 Å². The van der Waals surface area contributed by atoms with Gasteiger partial charge in [-0.15, -0.1) is 11.3 Å². The van der Waals surface area contributed by atoms with Crippen molar-refractivity contribution >= 4 is 17.2 Å². The minimum Gasteiger partial charge on any atom is -0.378 e. The molecule has 0 bridgehead atoms. The summed E-state index contributed by atoms with van der Waals surface area (Å²) < 4.78 is 5.25. The van der Waals surface area contributed by atoms with Crippen LogP contribution in [0.25, 0.3) is 0 Å². The van der Waals surface area contributed by atoms with Crippen LogP contribution >= 0.6 is 11.3 Å². The Labute approximate surface area is 91.9 Å². The quantitative estimate of drug-likeness (QED) is 0.754. The highest BCUT2D eigenvalue weighted by Gasteiger charge is 2.28. The highest BCUT2D eigenvalue weighted by Crippen LogP contribution is 2.06. The Kier molecular flexibility index (Phi) is 3.30. The molecular formula is C9H13N3O2S. The molecule has 2 atom stereocenters. The van der Waals surface area contributed by atoms with Crippen LogP contribution in [0.3, 0.4) is 0 Å². The summed E-state index contributed by atoms with van der Waals surface area (Å²) in [7, 11) is 1.65. The predicted octanol–water partition coefficient (Wildman–Crippen LogP) is -0.140. The van der Waals surface area contributed by atoms with E-state index in [0.29, 0.717) is 5.69 Å². The van der Waals surface area contributed by atoms with Crippen molar-refractivity contribution in [3.05, 3.63) is 16.6 Å². The standard InChI is InChI=1S/C9H13N3O2S/c1-14-8-3-10-2-6(8)12-9(13)7-4-15-5-11-7/h4-6,8,10H,2-3H2,1H3,(H,12,13). The molecule has 0 saturated carbocycles. The molecular weight excluding hydrogens is 214 g/mol. The van der Waals surface area contributed by atoms with Gasteiger partial charge in [0.2, 0.25) is 0 Å². The number of aromatic nitrogens is 1. The van der Waals surface area contributed by atoms with Gasteiger partial charge in [0.15, 0.2) is 0 Å². The topological polar surface area (TPSA) is 63.2 Å². The van der Waals surface area contributed by atoms with Gasteiger partial charge < -0.3 is 15.4 Å². The first-order valence-corrected chi connectivity index (χ1v) is 5.68. The molecule has 0 radical (unpaired) electrons. The molecule has 2 N–H and O–H groups in total. The molecule has 82 valence electrons. The number of hydrogen-bond donors (Lipinski definition) is 2. The molecule has 1 saturated heterocycles. The largest absolute Gasteiger partial charge is 0.378 e. The normalized spacial score (nSPS) is 25.4. The zero-order valence-corrected chi connectivity index (χ0v) is 9.21. The minimum absolute atomic E-state index is 0.0317. The van der Waals surface area contributed by atoms with Crippen molar-refractivity contribution in [1.29, 1.82) is 0 Å². The van der Waals surface area contributed by atoms with Crippen LogP contribution in [0.4, 0.5) is 0 Å². The number of nitrogens with one attached hydrogen (secondary N) is 2. The number of carbonyl (C=O) groups is 1. The van der Waals surface area contributed by atoms with Gasteiger partial charge in [0.05, 0.1) is 17.7 Å². The summed E-state index contributed by atoms with van der Waals surface area (Å²) in [6, 6.07) is 0.0317. The molecule has 0 aliphatic carbocycles. The smallest absolute Gasteiger partial charge is 0.271 e. The number of methoxy groups -OCH3 is 1. The molecule has 6 heteroatoms. The summed E-state index contributed by atoms with van der Waals surface area (Å²) in [4.78, 5) is 15.6. The molecule has 5 nitrogen and oxygen atoms in total. The van der Waals surface area contributed by atoms with Crippen LogP contribution in [0.15, 0.2) is 10.9 Å². The zero-order valence-electron chi connectivity index (χ0n) is 8.40. The number of carbonyl (C=O) groups excluding carboxylic acids is 1. The van der Waals surface area contributed by atoms with Gasteiger partial charge in [-0.25, -0.2) is 4.98 Å². The van der Waals surface area contributed by atoms with Crippen molar-refractivity contribution in [1.82, 2.24) is 15.6 Å². The summed E-state index contributed by atoms with van der Waals surface area (Å²) in [5.41, 5.74) is 2.12. The number of hydrogen-bond acceptors (Lipinski definition) is 5. The van der Waals surface area contributed by atoms with Crippen LogP contribution in [0.2, 0.25) is 0 Å². The lowest BCUT2D eigenvalue weighted by Gasteiger charge is -2.17. The van der Waals surface area contributed by atoms with E-state index in [-0.39, 0.29) is 18.1 Å². The van der Waals surface area contributed by atoms with Crippen molar-refractivity contribution in [3.63, 3.8) is 0 Å². The van der Waals surface area contributed by atoms with E-state index < -0.39 is 0 Å². The molecule has 0 spiro atoms. The van der Waals surface area contributed by atoms with Crippen LogP contribution in [0.1, 0.15) is 10.5 Å². The molecule has 2 unspecified atom stereocenters. The van der Waals surface area contributed by atoms with Crippen molar-refractivity contribution < 1.29 is 9.53 Å². The van der Waals surface area contributed by atoms with Crippen molar-refractivity contribution in [2.24, 2.45) is 0 Å². The van der Waals surface area contributed by atoms with Crippen LogP contribution in [0.5, 0.6) is 0 Å². The van der Waals surface area contributed by atoms with Crippen LogP contribution in [-0.4, -0.2) is 43.2 Å². The van der Waals surface area contributed by atoms with Crippen LogP contribution < -0.4 is 10.6 Å². The first-order chi connectivity index (χ1) is 7.31. The number of nitrogens with zero attached hydrogens (tertiary/aromatic N) is 1. The molecule has 0 aromatic carbocycles. The Bertz CT molecular complexity index is 328. The molecule has 1 aromatic rings. The lowest BCUT2D eigenvalue weighted by atomic mass is 10.2. The Morgan fingerprint density at radius 2 is 2.60 bits per heavy atom. The van der Waals surface area contributed by atoms with E-state index in [9.17, 15) is 4.79 Å². The number of thiazole rings is 1.